The van der Waals surface area contributed by atoms with Crippen LogP contribution in [0.2, 0.25) is 0 Å². The van der Waals surface area contributed by atoms with Crippen LogP contribution in [0.3, 0.4) is 0 Å². The smallest absolute Gasteiger partial charge is 0.333 e. The van der Waals surface area contributed by atoms with Crippen LogP contribution in [0.4, 0.5) is 0 Å². The fourth-order valence-corrected chi connectivity index (χ4v) is 2.54. The number of aromatic nitrogens is 1. The van der Waals surface area contributed by atoms with E-state index in [0.29, 0.717) is 0 Å². The van der Waals surface area contributed by atoms with Gasteiger partial charge in [-0.2, -0.15) is 0 Å². The first kappa shape index (κ1) is 10.4. The minimum Gasteiger partial charge on any atom is -0.479 e. The van der Waals surface area contributed by atoms with E-state index in [1.807, 2.05) is 30.5 Å². The third-order valence-corrected chi connectivity index (χ3v) is 3.67. The second-order valence-electron chi connectivity index (χ2n) is 4.64. The molecule has 0 radical (unpaired) electrons. The van der Waals surface area contributed by atoms with Gasteiger partial charge in [0.15, 0.2) is 6.10 Å². The summed E-state index contributed by atoms with van der Waals surface area (Å²) in [6, 6.07) is 7.75. The van der Waals surface area contributed by atoms with Gasteiger partial charge in [-0.25, -0.2) is 4.79 Å². The van der Waals surface area contributed by atoms with Crippen LogP contribution in [0, 0.1) is 0 Å². The van der Waals surface area contributed by atoms with E-state index < -0.39 is 17.5 Å². The molecular formula is C13H13NO3. The molecule has 88 valence electrons. The van der Waals surface area contributed by atoms with Crippen LogP contribution >= 0.6 is 0 Å². The quantitative estimate of drug-likeness (QED) is 0.752. The molecule has 1 fully saturated rings. The van der Waals surface area contributed by atoms with Crippen molar-refractivity contribution in [1.29, 1.82) is 0 Å². The number of rotatable bonds is 3. The van der Waals surface area contributed by atoms with Crippen molar-refractivity contribution in [2.24, 2.45) is 0 Å². The van der Waals surface area contributed by atoms with Gasteiger partial charge in [0.1, 0.15) is 0 Å². The highest BCUT2D eigenvalue weighted by molar-refractivity contribution is 5.87. The minimum absolute atomic E-state index is 0.592. The topological polar surface area (TPSA) is 73.3 Å². The number of aromatic amines is 1. The number of benzene rings is 1. The zero-order chi connectivity index (χ0) is 12.0. The Balaban J connectivity index is 2.13. The Morgan fingerprint density at radius 3 is 2.71 bits per heavy atom. The molecule has 2 aromatic rings. The van der Waals surface area contributed by atoms with Gasteiger partial charge in [0.05, 0.1) is 0 Å². The van der Waals surface area contributed by atoms with E-state index >= 15 is 0 Å². The fourth-order valence-electron chi connectivity index (χ4n) is 2.54. The Morgan fingerprint density at radius 2 is 2.06 bits per heavy atom. The molecule has 0 spiro atoms. The summed E-state index contributed by atoms with van der Waals surface area (Å²) in [5, 5.41) is 19.8. The molecule has 1 saturated carbocycles. The molecule has 3 rings (SSSR count). The maximum Gasteiger partial charge on any atom is 0.333 e. The highest BCUT2D eigenvalue weighted by Gasteiger charge is 2.54. The van der Waals surface area contributed by atoms with Crippen molar-refractivity contribution in [3.63, 3.8) is 0 Å². The first-order chi connectivity index (χ1) is 8.15. The van der Waals surface area contributed by atoms with Gasteiger partial charge < -0.3 is 15.2 Å². The molecule has 1 unspecified atom stereocenters. The number of para-hydroxylation sites is 1. The SMILES string of the molecule is O=C(O)C(O)C1(c2c[nH]c3ccccc23)CC1. The van der Waals surface area contributed by atoms with Crippen molar-refractivity contribution in [3.05, 3.63) is 36.0 Å². The van der Waals surface area contributed by atoms with Gasteiger partial charge in [-0.3, -0.25) is 0 Å². The number of carboxylic acid groups (broad SMARTS) is 1. The lowest BCUT2D eigenvalue weighted by atomic mass is 9.89. The Kier molecular flexibility index (Phi) is 2.03. The van der Waals surface area contributed by atoms with Crippen LogP contribution in [-0.2, 0) is 10.2 Å². The number of carboxylic acids is 1. The van der Waals surface area contributed by atoms with Crippen LogP contribution in [0.5, 0.6) is 0 Å². The van der Waals surface area contributed by atoms with E-state index in [1.54, 1.807) is 0 Å². The second-order valence-corrected chi connectivity index (χ2v) is 4.64. The molecule has 4 heteroatoms. The van der Waals surface area contributed by atoms with Crippen LogP contribution in [0.1, 0.15) is 18.4 Å². The summed E-state index contributed by atoms with van der Waals surface area (Å²) in [7, 11) is 0. The van der Waals surface area contributed by atoms with E-state index in [1.165, 1.54) is 0 Å². The van der Waals surface area contributed by atoms with Gasteiger partial charge in [-0.1, -0.05) is 18.2 Å². The lowest BCUT2D eigenvalue weighted by molar-refractivity contribution is -0.148. The van der Waals surface area contributed by atoms with E-state index in [0.717, 1.165) is 29.3 Å². The Bertz CT molecular complexity index is 583. The first-order valence-electron chi connectivity index (χ1n) is 5.63. The summed E-state index contributed by atoms with van der Waals surface area (Å²) in [5.41, 5.74) is 1.31. The summed E-state index contributed by atoms with van der Waals surface area (Å²) >= 11 is 0. The number of fused-ring (bicyclic) bond motifs is 1. The standard InChI is InChI=1S/C13H13NO3/c15-11(12(16)17)13(5-6-13)9-7-14-10-4-2-1-3-8(9)10/h1-4,7,11,14-15H,5-6H2,(H,16,17). The van der Waals surface area contributed by atoms with Crippen molar-refractivity contribution < 1.29 is 15.0 Å². The van der Waals surface area contributed by atoms with Crippen molar-refractivity contribution in [2.45, 2.75) is 24.4 Å². The number of H-pyrrole nitrogens is 1. The average Bonchev–Trinajstić information content (AvgIpc) is 3.02. The van der Waals surface area contributed by atoms with Crippen molar-refractivity contribution in [1.82, 2.24) is 4.98 Å². The highest BCUT2D eigenvalue weighted by atomic mass is 16.4. The van der Waals surface area contributed by atoms with E-state index in [4.69, 9.17) is 5.11 Å². The average molecular weight is 231 g/mol. The summed E-state index contributed by atoms with van der Waals surface area (Å²) in [5.74, 6) is -1.15. The van der Waals surface area contributed by atoms with E-state index in [9.17, 15) is 9.90 Å². The molecule has 3 N–H and O–H groups in total. The monoisotopic (exact) mass is 231 g/mol. The number of aliphatic carboxylic acids is 1. The van der Waals surface area contributed by atoms with Crippen LogP contribution < -0.4 is 0 Å². The predicted octanol–water partition coefficient (Wildman–Crippen LogP) is 1.64. The number of hydrogen-bond donors (Lipinski definition) is 3. The number of nitrogens with one attached hydrogen (secondary N) is 1. The predicted molar refractivity (Wildman–Crippen MR) is 62.9 cm³/mol. The normalized spacial score (nSPS) is 19.1. The zero-order valence-corrected chi connectivity index (χ0v) is 9.18. The number of carbonyl (C=O) groups is 1. The van der Waals surface area contributed by atoms with Crippen molar-refractivity contribution in [3.8, 4) is 0 Å². The third kappa shape index (κ3) is 1.37. The van der Waals surface area contributed by atoms with Gasteiger partial charge in [0.2, 0.25) is 0 Å². The molecule has 1 aliphatic rings. The molecule has 17 heavy (non-hydrogen) atoms. The molecule has 0 saturated heterocycles. The van der Waals surface area contributed by atoms with E-state index in [-0.39, 0.29) is 0 Å². The summed E-state index contributed by atoms with van der Waals surface area (Å²) in [6.45, 7) is 0. The number of hydrogen-bond acceptors (Lipinski definition) is 2. The molecular weight excluding hydrogens is 218 g/mol. The Morgan fingerprint density at radius 1 is 1.35 bits per heavy atom. The minimum atomic E-state index is -1.32. The number of aliphatic hydroxyl groups is 1. The summed E-state index contributed by atoms with van der Waals surface area (Å²) in [6.07, 6.45) is 1.95. The summed E-state index contributed by atoms with van der Waals surface area (Å²) < 4.78 is 0. The number of aliphatic hydroxyl groups excluding tert-OH is 1. The highest BCUT2D eigenvalue weighted by Crippen LogP contribution is 2.53. The lowest BCUT2D eigenvalue weighted by Crippen LogP contribution is -2.33. The van der Waals surface area contributed by atoms with Gasteiger partial charge in [0, 0.05) is 22.5 Å². The fraction of sp³-hybridized carbons (Fsp3) is 0.308. The molecule has 1 atom stereocenters. The largest absolute Gasteiger partial charge is 0.479 e. The molecule has 1 aromatic heterocycles. The van der Waals surface area contributed by atoms with Gasteiger partial charge in [-0.15, -0.1) is 0 Å². The second kappa shape index (κ2) is 3.34. The molecule has 4 nitrogen and oxygen atoms in total. The lowest BCUT2D eigenvalue weighted by Gasteiger charge is -2.18. The maximum absolute atomic E-state index is 11.0. The summed E-state index contributed by atoms with van der Waals surface area (Å²) in [4.78, 5) is 14.1. The third-order valence-electron chi connectivity index (χ3n) is 3.67. The molecule has 0 aliphatic heterocycles. The van der Waals surface area contributed by atoms with Gasteiger partial charge in [0.25, 0.3) is 0 Å². The van der Waals surface area contributed by atoms with Gasteiger partial charge in [-0.05, 0) is 24.5 Å². The van der Waals surface area contributed by atoms with Crippen LogP contribution in [0.25, 0.3) is 10.9 Å². The molecule has 1 aliphatic carbocycles. The zero-order valence-electron chi connectivity index (χ0n) is 9.18. The van der Waals surface area contributed by atoms with Gasteiger partial charge >= 0.3 is 5.97 Å². The Labute approximate surface area is 97.9 Å². The molecule has 1 aromatic carbocycles. The molecule has 0 bridgehead atoms. The van der Waals surface area contributed by atoms with Crippen LogP contribution in [-0.4, -0.2) is 27.3 Å². The first-order valence-corrected chi connectivity index (χ1v) is 5.63. The Hall–Kier alpha value is -1.81. The van der Waals surface area contributed by atoms with Crippen molar-refractivity contribution in [2.75, 3.05) is 0 Å². The maximum atomic E-state index is 11.0. The van der Waals surface area contributed by atoms with Crippen LogP contribution in [0.15, 0.2) is 30.5 Å². The molecule has 1 heterocycles. The molecule has 0 amide bonds. The van der Waals surface area contributed by atoms with E-state index in [2.05, 4.69) is 4.98 Å². The van der Waals surface area contributed by atoms with Crippen molar-refractivity contribution >= 4 is 16.9 Å².